The van der Waals surface area contributed by atoms with Gasteiger partial charge in [-0.3, -0.25) is 0 Å². The Morgan fingerprint density at radius 1 is 1.80 bits per heavy atom. The summed E-state index contributed by atoms with van der Waals surface area (Å²) < 4.78 is 0. The molecule has 0 saturated carbocycles. The van der Waals surface area contributed by atoms with Gasteiger partial charge in [-0.1, -0.05) is 6.92 Å². The second-order valence-corrected chi connectivity index (χ2v) is 0.957. The summed E-state index contributed by atoms with van der Waals surface area (Å²) in [4.78, 5) is 0. The molecule has 0 aliphatic carbocycles. The van der Waals surface area contributed by atoms with Crippen LogP contribution in [-0.4, -0.2) is 0 Å². The van der Waals surface area contributed by atoms with Crippen molar-refractivity contribution in [2.45, 2.75) is 6.92 Å². The van der Waals surface area contributed by atoms with Crippen LogP contribution < -0.4 is 0 Å². The molecule has 0 nitrogen and oxygen atoms in total. The van der Waals surface area contributed by atoms with Crippen LogP contribution >= 0.6 is 0 Å². The number of hydrogen-bond donors (Lipinski definition) is 0. The summed E-state index contributed by atoms with van der Waals surface area (Å²) in [6.07, 6.45) is 0. The first-order chi connectivity index (χ1) is 1.73. The van der Waals surface area contributed by atoms with Crippen LogP contribution in [0.15, 0.2) is 12.2 Å². The Morgan fingerprint density at radius 3 is 1.80 bits per heavy atom. The minimum Gasteiger partial charge on any atom is -0.242 e. The van der Waals surface area contributed by atoms with Crippen LogP contribution in [0.3, 0.4) is 0 Å². The average molecular weight is 114 g/mol. The number of hydrogen-bond acceptors (Lipinski definition) is 0. The molecule has 32 valence electrons. The molecular weight excluding hydrogens is 107 g/mol. The van der Waals surface area contributed by atoms with Gasteiger partial charge in [0, 0.05) is 0 Å². The first kappa shape index (κ1) is 8.92. The fourth-order valence-electron chi connectivity index (χ4n) is 0. The molecule has 5 heavy (non-hydrogen) atoms. The maximum atomic E-state index is 3.44. The van der Waals surface area contributed by atoms with Gasteiger partial charge in [-0.25, -0.2) is 19.1 Å². The fraction of sp³-hybridized carbons (Fsp3) is 0.250. The molecule has 0 bridgehead atoms. The fourth-order valence-corrected chi connectivity index (χ4v) is 0. The maximum Gasteiger partial charge on any atom is 2.00 e. The number of allylic oxidation sites excluding steroid dienone is 1. The smallest absolute Gasteiger partial charge is 0.242 e. The van der Waals surface area contributed by atoms with Crippen molar-refractivity contribution in [2.75, 3.05) is 0 Å². The quantitative estimate of drug-likeness (QED) is 0.329. The van der Waals surface area contributed by atoms with Crippen molar-refractivity contribution in [2.24, 2.45) is 0 Å². The zero-order valence-corrected chi connectivity index (χ0v) is 4.22. The van der Waals surface area contributed by atoms with Crippen LogP contribution in [0.2, 0.25) is 0 Å². The second kappa shape index (κ2) is 4.10. The van der Waals surface area contributed by atoms with Crippen molar-refractivity contribution < 1.29 is 16.5 Å². The summed E-state index contributed by atoms with van der Waals surface area (Å²) in [6.45, 7) is 8.75. The molecular formula is C4H7Ni+. The summed E-state index contributed by atoms with van der Waals surface area (Å²) in [5.41, 5.74) is 0.917. The van der Waals surface area contributed by atoms with Gasteiger partial charge in [-0.2, -0.15) is 0 Å². The predicted octanol–water partition coefficient (Wildman–Crippen LogP) is 1.39. The van der Waals surface area contributed by atoms with E-state index in [0.717, 1.165) is 5.57 Å². The maximum absolute atomic E-state index is 3.44. The van der Waals surface area contributed by atoms with E-state index >= 15 is 0 Å². The molecule has 1 heteroatoms. The molecule has 0 fully saturated rings. The molecule has 0 unspecified atom stereocenters. The molecule has 0 aromatic rings. The van der Waals surface area contributed by atoms with Crippen molar-refractivity contribution in [3.05, 3.63) is 19.1 Å². The SMILES string of the molecule is C=C([CH2-])C.[Ni+2]. The van der Waals surface area contributed by atoms with Gasteiger partial charge < -0.3 is 0 Å². The second-order valence-electron chi connectivity index (χ2n) is 0.957. The molecule has 0 heterocycles. The van der Waals surface area contributed by atoms with E-state index in [4.69, 9.17) is 0 Å². The predicted molar refractivity (Wildman–Crippen MR) is 20.2 cm³/mol. The van der Waals surface area contributed by atoms with Crippen LogP contribution in [0.25, 0.3) is 0 Å². The normalized spacial score (nSPS) is 5.00. The van der Waals surface area contributed by atoms with Crippen LogP contribution in [0.5, 0.6) is 0 Å². The van der Waals surface area contributed by atoms with Crippen molar-refractivity contribution in [3.8, 4) is 0 Å². The van der Waals surface area contributed by atoms with Crippen molar-refractivity contribution in [1.29, 1.82) is 0 Å². The van der Waals surface area contributed by atoms with E-state index in [9.17, 15) is 0 Å². The van der Waals surface area contributed by atoms with Gasteiger partial charge >= 0.3 is 16.5 Å². The Morgan fingerprint density at radius 2 is 1.80 bits per heavy atom. The molecule has 0 aromatic heterocycles. The van der Waals surface area contributed by atoms with E-state index in [0.29, 0.717) is 0 Å². The largest absolute Gasteiger partial charge is 2.00 e. The summed E-state index contributed by atoms with van der Waals surface area (Å²) in [7, 11) is 0. The minimum absolute atomic E-state index is 0. The third-order valence-electron chi connectivity index (χ3n) is 0. The molecule has 0 amide bonds. The molecule has 0 rings (SSSR count). The van der Waals surface area contributed by atoms with Crippen molar-refractivity contribution in [3.63, 3.8) is 0 Å². The molecule has 0 spiro atoms. The zero-order chi connectivity index (χ0) is 3.58. The van der Waals surface area contributed by atoms with E-state index in [-0.39, 0.29) is 16.5 Å². The molecule has 0 aromatic carbocycles. The van der Waals surface area contributed by atoms with E-state index < -0.39 is 0 Å². The minimum atomic E-state index is 0. The summed E-state index contributed by atoms with van der Waals surface area (Å²) in [5.74, 6) is 0. The van der Waals surface area contributed by atoms with Crippen LogP contribution in [0.1, 0.15) is 6.92 Å². The summed E-state index contributed by atoms with van der Waals surface area (Å²) >= 11 is 0. The van der Waals surface area contributed by atoms with E-state index in [1.165, 1.54) is 0 Å². The monoisotopic (exact) mass is 113 g/mol. The van der Waals surface area contributed by atoms with Crippen molar-refractivity contribution >= 4 is 0 Å². The first-order valence-electron chi connectivity index (χ1n) is 1.21. The van der Waals surface area contributed by atoms with E-state index in [1.54, 1.807) is 0 Å². The Bertz CT molecular complexity index is 26.6. The standard InChI is InChI=1S/C4H7.Ni/c1-4(2)3;/h1-2H2,3H3;/q-1;+2. The molecule has 0 atom stereocenters. The van der Waals surface area contributed by atoms with E-state index in [2.05, 4.69) is 13.5 Å². The molecule has 0 aliphatic heterocycles. The van der Waals surface area contributed by atoms with Gasteiger partial charge in [0.1, 0.15) is 0 Å². The van der Waals surface area contributed by atoms with Gasteiger partial charge in [0.2, 0.25) is 0 Å². The van der Waals surface area contributed by atoms with Gasteiger partial charge in [-0.15, -0.1) is 0 Å². The van der Waals surface area contributed by atoms with Gasteiger partial charge in [0.05, 0.1) is 0 Å². The van der Waals surface area contributed by atoms with Crippen LogP contribution in [0, 0.1) is 6.92 Å². The Labute approximate surface area is 43.2 Å². The molecule has 0 aliphatic rings. The molecule has 0 N–H and O–H groups in total. The van der Waals surface area contributed by atoms with Gasteiger partial charge in [-0.05, 0) is 0 Å². The summed E-state index contributed by atoms with van der Waals surface area (Å²) in [5, 5.41) is 0. The average Bonchev–Trinajstić information content (AvgIpc) is 0.811. The van der Waals surface area contributed by atoms with Gasteiger partial charge in [0.15, 0.2) is 0 Å². The molecule has 0 saturated heterocycles. The Kier molecular flexibility index (Phi) is 7.32. The van der Waals surface area contributed by atoms with E-state index in [1.807, 2.05) is 6.92 Å². The van der Waals surface area contributed by atoms with Crippen molar-refractivity contribution in [1.82, 2.24) is 0 Å². The summed E-state index contributed by atoms with van der Waals surface area (Å²) in [6, 6.07) is 0. The topological polar surface area (TPSA) is 0 Å². The van der Waals surface area contributed by atoms with Crippen LogP contribution in [-0.2, 0) is 16.5 Å². The van der Waals surface area contributed by atoms with Crippen LogP contribution in [0.4, 0.5) is 0 Å². The Balaban J connectivity index is 0. The third-order valence-corrected chi connectivity index (χ3v) is 0. The van der Waals surface area contributed by atoms with Gasteiger partial charge in [0.25, 0.3) is 0 Å². The Hall–Kier alpha value is 0.104. The first-order valence-corrected chi connectivity index (χ1v) is 1.21. The molecule has 0 radical (unpaired) electrons. The third kappa shape index (κ3) is 1690. The zero-order valence-electron chi connectivity index (χ0n) is 3.23. The number of rotatable bonds is 0.